The van der Waals surface area contributed by atoms with Crippen molar-refractivity contribution in [2.45, 2.75) is 105 Å². The molecule has 0 bridgehead atoms. The zero-order chi connectivity index (χ0) is 18.2. The van der Waals surface area contributed by atoms with Gasteiger partial charge in [-0.25, -0.2) is 0 Å². The van der Waals surface area contributed by atoms with Gasteiger partial charge in [-0.3, -0.25) is 9.13 Å². The summed E-state index contributed by atoms with van der Waals surface area (Å²) in [6.07, 6.45) is 4.39. The third-order valence-corrected chi connectivity index (χ3v) is 9.58. The van der Waals surface area contributed by atoms with E-state index in [1.54, 1.807) is 0 Å². The highest BCUT2D eigenvalue weighted by Crippen LogP contribution is 2.30. The van der Waals surface area contributed by atoms with Crippen LogP contribution >= 0.6 is 0 Å². The van der Waals surface area contributed by atoms with Crippen LogP contribution in [0.2, 0.25) is 0 Å². The van der Waals surface area contributed by atoms with Crippen LogP contribution in [0.5, 0.6) is 0 Å². The molecule has 140 valence electrons. The first kappa shape index (κ1) is 23.1. The van der Waals surface area contributed by atoms with E-state index in [4.69, 9.17) is 8.85 Å². The standard InChI is InChI=1S/C18H42N2O2Si/c1-11-15(5)19(16(6)12-2)23(21-9,22-10)20(17(7)13-3)18(8)14-4/h15-18H,11-14H2,1-10H3. The van der Waals surface area contributed by atoms with Crippen molar-refractivity contribution in [2.24, 2.45) is 0 Å². The molecular weight excluding hydrogens is 304 g/mol. The largest absolute Gasteiger partial charge is 0.522 e. The van der Waals surface area contributed by atoms with Crippen molar-refractivity contribution < 1.29 is 8.85 Å². The molecule has 4 nitrogen and oxygen atoms in total. The summed E-state index contributed by atoms with van der Waals surface area (Å²) >= 11 is 0. The fourth-order valence-electron chi connectivity index (χ4n) is 3.41. The maximum absolute atomic E-state index is 6.27. The molecular formula is C18H42N2O2Si. The van der Waals surface area contributed by atoms with Crippen LogP contribution in [0.25, 0.3) is 0 Å². The topological polar surface area (TPSA) is 24.9 Å². The summed E-state index contributed by atoms with van der Waals surface area (Å²) in [6.45, 7) is 18.2. The van der Waals surface area contributed by atoms with E-state index < -0.39 is 8.88 Å². The van der Waals surface area contributed by atoms with Crippen LogP contribution in [0.1, 0.15) is 81.1 Å². The average molecular weight is 347 g/mol. The van der Waals surface area contributed by atoms with Gasteiger partial charge in [0.05, 0.1) is 0 Å². The van der Waals surface area contributed by atoms with Gasteiger partial charge in [-0.1, -0.05) is 27.7 Å². The molecule has 0 aromatic carbocycles. The van der Waals surface area contributed by atoms with Gasteiger partial charge in [0.15, 0.2) is 0 Å². The van der Waals surface area contributed by atoms with E-state index in [1.807, 2.05) is 14.2 Å². The van der Waals surface area contributed by atoms with Crippen LogP contribution < -0.4 is 0 Å². The quantitative estimate of drug-likeness (QED) is 0.485. The minimum atomic E-state index is -2.67. The lowest BCUT2D eigenvalue weighted by Gasteiger charge is -2.52. The van der Waals surface area contributed by atoms with Crippen molar-refractivity contribution in [3.05, 3.63) is 0 Å². The molecule has 4 unspecified atom stereocenters. The Morgan fingerprint density at radius 1 is 0.609 bits per heavy atom. The van der Waals surface area contributed by atoms with Crippen molar-refractivity contribution in [2.75, 3.05) is 14.2 Å². The fraction of sp³-hybridized carbons (Fsp3) is 1.00. The first-order valence-corrected chi connectivity index (χ1v) is 11.2. The maximum Gasteiger partial charge on any atom is 0.522 e. The number of nitrogens with zero attached hydrogens (tertiary/aromatic N) is 2. The van der Waals surface area contributed by atoms with Gasteiger partial charge < -0.3 is 8.85 Å². The first-order valence-electron chi connectivity index (χ1n) is 9.48. The predicted octanol–water partition coefficient (Wildman–Crippen LogP) is 4.51. The van der Waals surface area contributed by atoms with Crippen LogP contribution in [0.4, 0.5) is 0 Å². The van der Waals surface area contributed by atoms with Crippen LogP contribution in [-0.2, 0) is 8.85 Å². The molecule has 0 N–H and O–H groups in total. The van der Waals surface area contributed by atoms with Gasteiger partial charge in [0.1, 0.15) is 0 Å². The van der Waals surface area contributed by atoms with Crippen LogP contribution in [0.3, 0.4) is 0 Å². The minimum absolute atomic E-state index is 0.437. The third-order valence-electron chi connectivity index (χ3n) is 5.45. The summed E-state index contributed by atoms with van der Waals surface area (Å²) in [6, 6.07) is 1.75. The Labute approximate surface area is 146 Å². The SMILES string of the molecule is CCC(C)N(C(C)CC)[Si](OC)(OC)N(C(C)CC)C(C)CC. The normalized spacial score (nSPS) is 18.3. The molecule has 0 aliphatic carbocycles. The van der Waals surface area contributed by atoms with Gasteiger partial charge in [-0.2, -0.15) is 0 Å². The van der Waals surface area contributed by atoms with E-state index in [9.17, 15) is 0 Å². The van der Waals surface area contributed by atoms with E-state index in [0.717, 1.165) is 25.7 Å². The molecule has 0 rings (SSSR count). The molecule has 0 aromatic heterocycles. The lowest BCUT2D eigenvalue weighted by Crippen LogP contribution is -2.75. The molecule has 0 fully saturated rings. The molecule has 0 saturated heterocycles. The highest BCUT2D eigenvalue weighted by atomic mass is 28.4. The Balaban J connectivity index is 6.14. The Hall–Kier alpha value is 0.0569. The minimum Gasteiger partial charge on any atom is -0.374 e. The Kier molecular flexibility index (Phi) is 10.9. The van der Waals surface area contributed by atoms with Crippen molar-refractivity contribution in [3.8, 4) is 0 Å². The van der Waals surface area contributed by atoms with Gasteiger partial charge in [0.25, 0.3) is 0 Å². The number of rotatable bonds is 12. The van der Waals surface area contributed by atoms with Crippen LogP contribution in [0.15, 0.2) is 0 Å². The van der Waals surface area contributed by atoms with Gasteiger partial charge in [-0.15, -0.1) is 0 Å². The van der Waals surface area contributed by atoms with E-state index in [0.29, 0.717) is 24.2 Å². The zero-order valence-corrected chi connectivity index (χ0v) is 18.3. The van der Waals surface area contributed by atoms with E-state index >= 15 is 0 Å². The van der Waals surface area contributed by atoms with Crippen molar-refractivity contribution >= 4 is 8.88 Å². The molecule has 23 heavy (non-hydrogen) atoms. The van der Waals surface area contributed by atoms with Crippen molar-refractivity contribution in [1.29, 1.82) is 0 Å². The molecule has 0 heterocycles. The molecule has 0 aliphatic heterocycles. The Bertz CT molecular complexity index is 267. The molecule has 0 amide bonds. The average Bonchev–Trinajstić information content (AvgIpc) is 2.59. The maximum atomic E-state index is 6.27. The second-order valence-electron chi connectivity index (χ2n) is 6.80. The van der Waals surface area contributed by atoms with Gasteiger partial charge in [0, 0.05) is 38.4 Å². The third kappa shape index (κ3) is 5.02. The summed E-state index contributed by atoms with van der Waals surface area (Å²) in [7, 11) is 1.01. The van der Waals surface area contributed by atoms with E-state index in [-0.39, 0.29) is 0 Å². The molecule has 5 heteroatoms. The molecule has 0 radical (unpaired) electrons. The smallest absolute Gasteiger partial charge is 0.374 e. The molecule has 0 aliphatic rings. The van der Waals surface area contributed by atoms with E-state index in [1.165, 1.54) is 0 Å². The lowest BCUT2D eigenvalue weighted by molar-refractivity contribution is 0.0304. The summed E-state index contributed by atoms with van der Waals surface area (Å²) in [5, 5.41) is 0. The summed E-state index contributed by atoms with van der Waals surface area (Å²) in [5.74, 6) is 0. The highest BCUT2D eigenvalue weighted by Gasteiger charge is 2.55. The molecule has 4 atom stereocenters. The lowest BCUT2D eigenvalue weighted by atomic mass is 10.2. The molecule has 0 aromatic rings. The summed E-state index contributed by atoms with van der Waals surface area (Å²) in [4.78, 5) is 0. The van der Waals surface area contributed by atoms with Crippen molar-refractivity contribution in [1.82, 2.24) is 9.13 Å². The van der Waals surface area contributed by atoms with Gasteiger partial charge in [0.2, 0.25) is 0 Å². The molecule has 0 spiro atoms. The van der Waals surface area contributed by atoms with Gasteiger partial charge in [-0.05, 0) is 53.4 Å². The van der Waals surface area contributed by atoms with Crippen LogP contribution in [0, 0.1) is 0 Å². The monoisotopic (exact) mass is 346 g/mol. The Morgan fingerprint density at radius 3 is 0.957 bits per heavy atom. The predicted molar refractivity (Wildman–Crippen MR) is 102 cm³/mol. The number of hydrogen-bond acceptors (Lipinski definition) is 4. The first-order chi connectivity index (χ1) is 10.8. The Morgan fingerprint density at radius 2 is 0.826 bits per heavy atom. The van der Waals surface area contributed by atoms with Crippen LogP contribution in [-0.4, -0.2) is 56.4 Å². The fourth-order valence-corrected chi connectivity index (χ4v) is 7.64. The molecule has 0 saturated carbocycles. The zero-order valence-electron chi connectivity index (χ0n) is 17.3. The second-order valence-corrected chi connectivity index (χ2v) is 9.75. The summed E-state index contributed by atoms with van der Waals surface area (Å²) in [5.41, 5.74) is 0. The second kappa shape index (κ2) is 10.8. The van der Waals surface area contributed by atoms with Crippen molar-refractivity contribution in [3.63, 3.8) is 0 Å². The van der Waals surface area contributed by atoms with Gasteiger partial charge >= 0.3 is 8.88 Å². The highest BCUT2D eigenvalue weighted by molar-refractivity contribution is 6.61. The summed E-state index contributed by atoms with van der Waals surface area (Å²) < 4.78 is 17.7. The number of hydrogen-bond donors (Lipinski definition) is 0. The van der Waals surface area contributed by atoms with E-state index in [2.05, 4.69) is 64.5 Å².